The Balaban J connectivity index is 1.60. The Kier molecular flexibility index (Phi) is 5.65. The molecule has 1 aliphatic rings. The van der Waals surface area contributed by atoms with Gasteiger partial charge in [-0.25, -0.2) is 9.78 Å². The Morgan fingerprint density at radius 3 is 2.84 bits per heavy atom. The van der Waals surface area contributed by atoms with Gasteiger partial charge >= 0.3 is 6.03 Å². The van der Waals surface area contributed by atoms with Crippen molar-refractivity contribution in [2.45, 2.75) is 13.3 Å². The zero-order chi connectivity index (χ0) is 17.8. The van der Waals surface area contributed by atoms with Crippen LogP contribution in [0.5, 0.6) is 5.75 Å². The summed E-state index contributed by atoms with van der Waals surface area (Å²) in [7, 11) is 1.56. The van der Waals surface area contributed by atoms with E-state index in [0.29, 0.717) is 23.0 Å². The van der Waals surface area contributed by atoms with Gasteiger partial charge in [-0.2, -0.15) is 0 Å². The molecule has 0 atom stereocenters. The molecular formula is C17H21ClN4O2S. The first kappa shape index (κ1) is 17.8. The largest absolute Gasteiger partial charge is 0.495 e. The number of aromatic nitrogens is 1. The topological polar surface area (TPSA) is 57.7 Å². The number of rotatable bonds is 3. The number of ether oxygens (including phenoxy) is 1. The Hall–Kier alpha value is -1.99. The number of nitrogens with zero attached hydrogens (tertiary/aromatic N) is 3. The van der Waals surface area contributed by atoms with Crippen molar-refractivity contribution in [1.29, 1.82) is 0 Å². The van der Waals surface area contributed by atoms with Crippen LogP contribution >= 0.6 is 22.9 Å². The first-order valence-corrected chi connectivity index (χ1v) is 9.39. The first-order chi connectivity index (χ1) is 12.1. The molecule has 1 saturated heterocycles. The van der Waals surface area contributed by atoms with Crippen LogP contribution in [0.4, 0.5) is 15.6 Å². The van der Waals surface area contributed by atoms with Crippen LogP contribution in [0.2, 0.25) is 5.02 Å². The summed E-state index contributed by atoms with van der Waals surface area (Å²) in [5, 5.41) is 6.46. The molecule has 0 aliphatic carbocycles. The van der Waals surface area contributed by atoms with Crippen LogP contribution in [-0.2, 0) is 0 Å². The summed E-state index contributed by atoms with van der Waals surface area (Å²) in [5.41, 5.74) is 1.70. The van der Waals surface area contributed by atoms with Gasteiger partial charge in [-0.1, -0.05) is 11.6 Å². The third-order valence-corrected chi connectivity index (χ3v) is 5.38. The average molecular weight is 381 g/mol. The van der Waals surface area contributed by atoms with E-state index in [-0.39, 0.29) is 6.03 Å². The highest BCUT2D eigenvalue weighted by atomic mass is 35.5. The molecule has 1 aliphatic heterocycles. The zero-order valence-corrected chi connectivity index (χ0v) is 15.9. The number of hydrogen-bond acceptors (Lipinski definition) is 5. The lowest BCUT2D eigenvalue weighted by Crippen LogP contribution is -2.38. The minimum atomic E-state index is -0.113. The van der Waals surface area contributed by atoms with Crippen molar-refractivity contribution in [1.82, 2.24) is 9.88 Å². The van der Waals surface area contributed by atoms with Crippen molar-refractivity contribution in [3.8, 4) is 5.75 Å². The minimum absolute atomic E-state index is 0.113. The van der Waals surface area contributed by atoms with E-state index >= 15 is 0 Å². The Labute approximate surface area is 156 Å². The van der Waals surface area contributed by atoms with E-state index < -0.39 is 0 Å². The number of halogens is 1. The van der Waals surface area contributed by atoms with Crippen LogP contribution in [0.3, 0.4) is 0 Å². The number of methoxy groups -OCH3 is 1. The third-order valence-electron chi connectivity index (χ3n) is 4.06. The molecule has 0 radical (unpaired) electrons. The number of hydrogen-bond donors (Lipinski definition) is 1. The number of urea groups is 1. The van der Waals surface area contributed by atoms with E-state index in [9.17, 15) is 4.79 Å². The fourth-order valence-electron chi connectivity index (χ4n) is 2.75. The van der Waals surface area contributed by atoms with E-state index in [1.807, 2.05) is 11.8 Å². The van der Waals surface area contributed by atoms with Gasteiger partial charge in [-0.3, -0.25) is 0 Å². The van der Waals surface area contributed by atoms with Crippen molar-refractivity contribution >= 4 is 39.8 Å². The molecule has 0 unspecified atom stereocenters. The van der Waals surface area contributed by atoms with Crippen LogP contribution in [0.1, 0.15) is 12.1 Å². The summed E-state index contributed by atoms with van der Waals surface area (Å²) in [6.07, 6.45) is 0.912. The van der Waals surface area contributed by atoms with Gasteiger partial charge in [0.05, 0.1) is 17.8 Å². The molecule has 1 aromatic heterocycles. The summed E-state index contributed by atoms with van der Waals surface area (Å²) in [6.45, 7) is 5.07. The lowest BCUT2D eigenvalue weighted by Gasteiger charge is -2.22. The molecule has 1 fully saturated rings. The maximum atomic E-state index is 12.5. The Morgan fingerprint density at radius 2 is 2.16 bits per heavy atom. The lowest BCUT2D eigenvalue weighted by molar-refractivity contribution is 0.215. The maximum absolute atomic E-state index is 12.5. The minimum Gasteiger partial charge on any atom is -0.495 e. The maximum Gasteiger partial charge on any atom is 0.321 e. The quantitative estimate of drug-likeness (QED) is 0.878. The molecule has 8 heteroatoms. The fraction of sp³-hybridized carbons (Fsp3) is 0.412. The second-order valence-electron chi connectivity index (χ2n) is 5.88. The molecule has 25 heavy (non-hydrogen) atoms. The summed E-state index contributed by atoms with van der Waals surface area (Å²) in [4.78, 5) is 21.2. The number of thiazole rings is 1. The molecule has 0 bridgehead atoms. The predicted molar refractivity (Wildman–Crippen MR) is 102 cm³/mol. The molecule has 134 valence electrons. The van der Waals surface area contributed by atoms with Crippen LogP contribution < -0.4 is 15.0 Å². The number of nitrogens with one attached hydrogen (secondary N) is 1. The molecule has 2 heterocycles. The van der Waals surface area contributed by atoms with Crippen LogP contribution in [-0.4, -0.2) is 49.2 Å². The standard InChI is InChI=1S/C17H21ClN4O2S/c1-12-11-25-17(19-12)22-7-3-6-21(8-9-22)16(23)20-13-4-5-15(24-2)14(18)10-13/h4-5,10-11H,3,6-9H2,1-2H3,(H,20,23). The van der Waals surface area contributed by atoms with Gasteiger partial charge in [0.25, 0.3) is 0 Å². The van der Waals surface area contributed by atoms with Crippen molar-refractivity contribution in [3.63, 3.8) is 0 Å². The molecule has 3 rings (SSSR count). The van der Waals surface area contributed by atoms with E-state index in [0.717, 1.165) is 36.9 Å². The number of carbonyl (C=O) groups is 1. The second kappa shape index (κ2) is 7.93. The van der Waals surface area contributed by atoms with Crippen molar-refractivity contribution in [3.05, 3.63) is 34.3 Å². The van der Waals surface area contributed by atoms with E-state index in [4.69, 9.17) is 16.3 Å². The lowest BCUT2D eigenvalue weighted by atomic mass is 10.3. The van der Waals surface area contributed by atoms with Gasteiger partial charge in [0.15, 0.2) is 5.13 Å². The smallest absolute Gasteiger partial charge is 0.321 e. The van der Waals surface area contributed by atoms with Crippen LogP contribution in [0.25, 0.3) is 0 Å². The Bertz CT molecular complexity index is 752. The molecular weight excluding hydrogens is 360 g/mol. The summed E-state index contributed by atoms with van der Waals surface area (Å²) in [6, 6.07) is 5.11. The SMILES string of the molecule is COc1ccc(NC(=O)N2CCCN(c3nc(C)cs3)CC2)cc1Cl. The van der Waals surface area contributed by atoms with Crippen molar-refractivity contribution in [2.75, 3.05) is 43.5 Å². The van der Waals surface area contributed by atoms with E-state index in [2.05, 4.69) is 20.6 Å². The molecule has 1 N–H and O–H groups in total. The fourth-order valence-corrected chi connectivity index (χ4v) is 3.86. The average Bonchev–Trinajstić information content (AvgIpc) is 2.88. The highest BCUT2D eigenvalue weighted by Crippen LogP contribution is 2.27. The van der Waals surface area contributed by atoms with E-state index in [1.54, 1.807) is 36.6 Å². The molecule has 6 nitrogen and oxygen atoms in total. The third kappa shape index (κ3) is 4.35. The van der Waals surface area contributed by atoms with Crippen LogP contribution in [0, 0.1) is 6.92 Å². The van der Waals surface area contributed by atoms with E-state index in [1.165, 1.54) is 0 Å². The number of carbonyl (C=O) groups excluding carboxylic acids is 1. The summed E-state index contributed by atoms with van der Waals surface area (Å²) in [5.74, 6) is 0.587. The van der Waals surface area contributed by atoms with Gasteiger partial charge in [0.1, 0.15) is 5.75 Å². The molecule has 2 amide bonds. The van der Waals surface area contributed by atoms with Gasteiger partial charge in [-0.05, 0) is 31.5 Å². The normalized spacial score (nSPS) is 15.0. The predicted octanol–water partition coefficient (Wildman–Crippen LogP) is 3.86. The molecule has 2 aromatic rings. The summed E-state index contributed by atoms with van der Waals surface area (Å²) < 4.78 is 5.13. The van der Waals surface area contributed by atoms with Gasteiger partial charge in [0, 0.05) is 37.2 Å². The molecule has 0 spiro atoms. The molecule has 0 saturated carbocycles. The van der Waals surface area contributed by atoms with Crippen LogP contribution in [0.15, 0.2) is 23.6 Å². The van der Waals surface area contributed by atoms with Gasteiger partial charge in [-0.15, -0.1) is 11.3 Å². The monoisotopic (exact) mass is 380 g/mol. The van der Waals surface area contributed by atoms with Gasteiger partial charge in [0.2, 0.25) is 0 Å². The second-order valence-corrected chi connectivity index (χ2v) is 7.12. The highest BCUT2D eigenvalue weighted by molar-refractivity contribution is 7.13. The Morgan fingerprint density at radius 1 is 1.32 bits per heavy atom. The number of benzene rings is 1. The zero-order valence-electron chi connectivity index (χ0n) is 14.3. The first-order valence-electron chi connectivity index (χ1n) is 8.13. The number of aryl methyl sites for hydroxylation is 1. The van der Waals surface area contributed by atoms with Crippen molar-refractivity contribution in [2.24, 2.45) is 0 Å². The molecule has 1 aromatic carbocycles. The van der Waals surface area contributed by atoms with Crippen molar-refractivity contribution < 1.29 is 9.53 Å². The number of amides is 2. The number of anilines is 2. The summed E-state index contributed by atoms with van der Waals surface area (Å²) >= 11 is 7.76. The highest BCUT2D eigenvalue weighted by Gasteiger charge is 2.21. The van der Waals surface area contributed by atoms with Gasteiger partial charge < -0.3 is 19.9 Å².